The first-order chi connectivity index (χ1) is 8.68. The van der Waals surface area contributed by atoms with Gasteiger partial charge in [0, 0.05) is 5.56 Å². The molecule has 1 heterocycles. The molecule has 0 bridgehead atoms. The molecule has 0 amide bonds. The molecule has 0 aliphatic heterocycles. The first-order valence-corrected chi connectivity index (χ1v) is 5.29. The van der Waals surface area contributed by atoms with Crippen LogP contribution in [0, 0.1) is 0 Å². The Morgan fingerprint density at radius 2 is 1.89 bits per heavy atom. The van der Waals surface area contributed by atoms with E-state index in [9.17, 15) is 10.2 Å². The van der Waals surface area contributed by atoms with Crippen LogP contribution >= 0.6 is 0 Å². The lowest BCUT2D eigenvalue weighted by atomic mass is 10.0. The quantitative estimate of drug-likeness (QED) is 0.383. The lowest BCUT2D eigenvalue weighted by Crippen LogP contribution is -1.89. The van der Waals surface area contributed by atoms with E-state index < -0.39 is 0 Å². The molecule has 0 saturated heterocycles. The summed E-state index contributed by atoms with van der Waals surface area (Å²) in [7, 11) is 0. The minimum atomic E-state index is -0.0803. The molecule has 3 aromatic rings. The number of rotatable bonds is 1. The molecule has 6 nitrogen and oxygen atoms in total. The predicted molar refractivity (Wildman–Crippen MR) is 67.1 cm³/mol. The highest BCUT2D eigenvalue weighted by molar-refractivity contribution is 5.97. The third-order valence-electron chi connectivity index (χ3n) is 2.80. The van der Waals surface area contributed by atoms with Gasteiger partial charge in [0.05, 0.1) is 11.3 Å². The van der Waals surface area contributed by atoms with Gasteiger partial charge in [0.25, 0.3) is 0 Å². The number of hydrogen-bond donors (Lipinski definition) is 4. The fourth-order valence-electron chi connectivity index (χ4n) is 1.93. The van der Waals surface area contributed by atoms with E-state index in [1.807, 2.05) is 0 Å². The number of aromatic amines is 1. The number of nitrogens with zero attached hydrogens (tertiary/aromatic N) is 2. The molecule has 0 radical (unpaired) electrons. The molecule has 1 aromatic heterocycles. The summed E-state index contributed by atoms with van der Waals surface area (Å²) in [6.07, 6.45) is 0. The third-order valence-corrected chi connectivity index (χ3v) is 2.80. The molecule has 0 spiro atoms. The van der Waals surface area contributed by atoms with Crippen LogP contribution in [0.4, 0.5) is 5.69 Å². The molecule has 0 atom stereocenters. The smallest absolute Gasteiger partial charge is 0.146 e. The number of nitrogen functional groups attached to an aromatic ring is 1. The Labute approximate surface area is 102 Å². The Bertz CT molecular complexity index is 736. The summed E-state index contributed by atoms with van der Waals surface area (Å²) in [6, 6.07) is 8.08. The molecule has 90 valence electrons. The summed E-state index contributed by atoms with van der Waals surface area (Å²) in [5.74, 6) is -0.0689. The molecule has 0 aliphatic carbocycles. The molecule has 5 N–H and O–H groups in total. The van der Waals surface area contributed by atoms with Crippen molar-refractivity contribution in [1.82, 2.24) is 15.4 Å². The fourth-order valence-corrected chi connectivity index (χ4v) is 1.93. The zero-order chi connectivity index (χ0) is 12.7. The molecule has 3 rings (SSSR count). The van der Waals surface area contributed by atoms with E-state index in [2.05, 4.69) is 15.4 Å². The van der Waals surface area contributed by atoms with E-state index in [1.165, 1.54) is 6.07 Å². The van der Waals surface area contributed by atoms with Crippen LogP contribution < -0.4 is 5.73 Å². The van der Waals surface area contributed by atoms with Gasteiger partial charge >= 0.3 is 0 Å². The number of phenolic OH excluding ortho intramolecular Hbond substituents is 2. The van der Waals surface area contributed by atoms with Gasteiger partial charge in [-0.25, -0.2) is 0 Å². The highest BCUT2D eigenvalue weighted by atomic mass is 16.3. The second-order valence-electron chi connectivity index (χ2n) is 3.89. The van der Waals surface area contributed by atoms with Crippen molar-refractivity contribution in [3.8, 4) is 22.6 Å². The van der Waals surface area contributed by atoms with Gasteiger partial charge in [-0.2, -0.15) is 15.4 Å². The van der Waals surface area contributed by atoms with Crippen molar-refractivity contribution in [3.05, 3.63) is 30.3 Å². The molecule has 0 saturated carbocycles. The SMILES string of the molecule is Nc1cccc(-c2c(O)ccc3n[nH]nc23)c1O. The summed E-state index contributed by atoms with van der Waals surface area (Å²) in [5.41, 5.74) is 7.81. The zero-order valence-corrected chi connectivity index (χ0v) is 9.25. The summed E-state index contributed by atoms with van der Waals surface area (Å²) in [6.45, 7) is 0. The summed E-state index contributed by atoms with van der Waals surface area (Å²) in [4.78, 5) is 0. The number of H-pyrrole nitrogens is 1. The monoisotopic (exact) mass is 242 g/mol. The molecule has 2 aromatic carbocycles. The van der Waals surface area contributed by atoms with Crippen LogP contribution in [0.3, 0.4) is 0 Å². The minimum absolute atomic E-state index is 0.0114. The Kier molecular flexibility index (Phi) is 2.09. The van der Waals surface area contributed by atoms with Crippen LogP contribution in [0.2, 0.25) is 0 Å². The first kappa shape index (κ1) is 10.4. The van der Waals surface area contributed by atoms with Crippen molar-refractivity contribution >= 4 is 16.7 Å². The van der Waals surface area contributed by atoms with E-state index >= 15 is 0 Å². The van der Waals surface area contributed by atoms with Gasteiger partial charge in [-0.1, -0.05) is 12.1 Å². The molecule has 0 aliphatic rings. The largest absolute Gasteiger partial charge is 0.507 e. The van der Waals surface area contributed by atoms with Crippen LogP contribution in [-0.2, 0) is 0 Å². The van der Waals surface area contributed by atoms with Gasteiger partial charge in [-0.05, 0) is 18.2 Å². The molecule has 6 heteroatoms. The normalized spacial score (nSPS) is 10.9. The molecular weight excluding hydrogens is 232 g/mol. The maximum atomic E-state index is 9.98. The second kappa shape index (κ2) is 3.63. The average molecular weight is 242 g/mol. The van der Waals surface area contributed by atoms with E-state index in [0.717, 1.165) is 0 Å². The Morgan fingerprint density at radius 3 is 2.72 bits per heavy atom. The Morgan fingerprint density at radius 1 is 1.06 bits per heavy atom. The Balaban J connectivity index is 2.40. The maximum Gasteiger partial charge on any atom is 0.146 e. The van der Waals surface area contributed by atoms with E-state index in [1.54, 1.807) is 24.3 Å². The summed E-state index contributed by atoms with van der Waals surface area (Å²) in [5, 5.41) is 30.3. The predicted octanol–water partition coefficient (Wildman–Crippen LogP) is 1.62. The van der Waals surface area contributed by atoms with E-state index in [-0.39, 0.29) is 17.2 Å². The van der Waals surface area contributed by atoms with Crippen LogP contribution in [-0.4, -0.2) is 25.6 Å². The van der Waals surface area contributed by atoms with Crippen LogP contribution in [0.5, 0.6) is 11.5 Å². The number of anilines is 1. The topological polar surface area (TPSA) is 108 Å². The number of nitrogens with two attached hydrogens (primary N) is 1. The highest BCUT2D eigenvalue weighted by Gasteiger charge is 2.16. The van der Waals surface area contributed by atoms with Crippen LogP contribution in [0.15, 0.2) is 30.3 Å². The van der Waals surface area contributed by atoms with Gasteiger partial charge < -0.3 is 15.9 Å². The number of hydrogen-bond acceptors (Lipinski definition) is 5. The summed E-state index contributed by atoms with van der Waals surface area (Å²) >= 11 is 0. The highest BCUT2D eigenvalue weighted by Crippen LogP contribution is 2.41. The minimum Gasteiger partial charge on any atom is -0.507 e. The van der Waals surface area contributed by atoms with Crippen molar-refractivity contribution in [3.63, 3.8) is 0 Å². The second-order valence-corrected chi connectivity index (χ2v) is 3.89. The zero-order valence-electron chi connectivity index (χ0n) is 9.25. The van der Waals surface area contributed by atoms with Crippen LogP contribution in [0.25, 0.3) is 22.2 Å². The van der Waals surface area contributed by atoms with Crippen molar-refractivity contribution in [2.24, 2.45) is 0 Å². The van der Waals surface area contributed by atoms with Gasteiger partial charge in [0.1, 0.15) is 22.5 Å². The number of fused-ring (bicyclic) bond motifs is 1. The number of phenols is 2. The van der Waals surface area contributed by atoms with Crippen molar-refractivity contribution in [1.29, 1.82) is 0 Å². The number of aromatic nitrogens is 3. The van der Waals surface area contributed by atoms with Crippen molar-refractivity contribution in [2.75, 3.05) is 5.73 Å². The standard InChI is InChI=1S/C12H10N4O2/c13-7-3-1-2-6(12(7)18)10-9(17)5-4-8-11(10)15-16-14-8/h1-5,17-18H,13H2,(H,14,15,16). The summed E-state index contributed by atoms with van der Waals surface area (Å²) < 4.78 is 0. The van der Waals surface area contributed by atoms with Gasteiger partial charge in [0.15, 0.2) is 0 Å². The van der Waals surface area contributed by atoms with Crippen molar-refractivity contribution < 1.29 is 10.2 Å². The average Bonchev–Trinajstić information content (AvgIpc) is 2.82. The molecule has 18 heavy (non-hydrogen) atoms. The third kappa shape index (κ3) is 1.36. The number of benzene rings is 2. The lowest BCUT2D eigenvalue weighted by Gasteiger charge is -2.08. The molecule has 0 unspecified atom stereocenters. The van der Waals surface area contributed by atoms with Gasteiger partial charge in [-0.3, -0.25) is 0 Å². The number of aromatic hydroxyl groups is 2. The molecular formula is C12H10N4O2. The van der Waals surface area contributed by atoms with Crippen LogP contribution in [0.1, 0.15) is 0 Å². The number of para-hydroxylation sites is 1. The van der Waals surface area contributed by atoms with Crippen molar-refractivity contribution in [2.45, 2.75) is 0 Å². The van der Waals surface area contributed by atoms with E-state index in [4.69, 9.17) is 5.73 Å². The maximum absolute atomic E-state index is 9.98. The Hall–Kier alpha value is -2.76. The molecule has 0 fully saturated rings. The van der Waals surface area contributed by atoms with Gasteiger partial charge in [0.2, 0.25) is 0 Å². The lowest BCUT2D eigenvalue weighted by molar-refractivity contribution is 0.471. The fraction of sp³-hybridized carbons (Fsp3) is 0. The van der Waals surface area contributed by atoms with E-state index in [0.29, 0.717) is 22.2 Å². The van der Waals surface area contributed by atoms with Gasteiger partial charge in [-0.15, -0.1) is 0 Å². The number of nitrogens with one attached hydrogen (secondary N) is 1. The first-order valence-electron chi connectivity index (χ1n) is 5.29.